The fraction of sp³-hybridized carbons (Fsp3) is 0.375. The second kappa shape index (κ2) is 6.98. The Morgan fingerprint density at radius 2 is 1.32 bits per heavy atom. The molecule has 0 saturated heterocycles. The molecule has 0 fully saturated rings. The number of aryl methyl sites for hydroxylation is 3. The normalized spacial score (nSPS) is 10.9. The molecular weight excluding hydrogens is 300 g/mol. The van der Waals surface area contributed by atoms with E-state index in [4.69, 9.17) is 0 Å². The highest BCUT2D eigenvalue weighted by Crippen LogP contribution is 2.08. The van der Waals surface area contributed by atoms with Crippen LogP contribution in [0.15, 0.2) is 29.2 Å². The van der Waals surface area contributed by atoms with Crippen LogP contribution in [0, 0.1) is 34.6 Å². The lowest BCUT2D eigenvalue weighted by atomic mass is 10.2. The molecule has 0 aliphatic heterocycles. The van der Waals surface area contributed by atoms with Gasteiger partial charge in [0, 0.05) is 13.8 Å². The summed E-state index contributed by atoms with van der Waals surface area (Å²) in [6.07, 6.45) is 0. The van der Waals surface area contributed by atoms with Crippen LogP contribution in [0.5, 0.6) is 0 Å². The summed E-state index contributed by atoms with van der Waals surface area (Å²) in [6.45, 7) is 10.1. The quantitative estimate of drug-likeness (QED) is 0.595. The van der Waals surface area contributed by atoms with Crippen LogP contribution < -0.4 is 4.57 Å². The van der Waals surface area contributed by atoms with Gasteiger partial charge in [-0.05, 0) is 32.9 Å². The lowest BCUT2D eigenvalue weighted by molar-refractivity contribution is -0.685. The molecule has 1 heterocycles. The molecule has 0 aliphatic carbocycles. The first-order valence-corrected chi connectivity index (χ1v) is 8.28. The van der Waals surface area contributed by atoms with Gasteiger partial charge in [-0.1, -0.05) is 17.7 Å². The fourth-order valence-corrected chi connectivity index (χ4v) is 2.32. The largest absolute Gasteiger partial charge is 0.744 e. The number of aromatic nitrogens is 2. The number of hydrogen-bond acceptors (Lipinski definition) is 4. The Labute approximate surface area is 132 Å². The van der Waals surface area contributed by atoms with Crippen molar-refractivity contribution in [2.45, 2.75) is 39.5 Å². The average Bonchev–Trinajstić information content (AvgIpc) is 2.43. The maximum Gasteiger partial charge on any atom is 0.199 e. The van der Waals surface area contributed by atoms with Crippen LogP contribution in [0.2, 0.25) is 0 Å². The van der Waals surface area contributed by atoms with E-state index >= 15 is 0 Å². The molecule has 0 unspecified atom stereocenters. The van der Waals surface area contributed by atoms with Crippen molar-refractivity contribution >= 4 is 10.1 Å². The number of benzene rings is 1. The van der Waals surface area contributed by atoms with Crippen molar-refractivity contribution in [1.82, 2.24) is 4.98 Å². The highest BCUT2D eigenvalue weighted by atomic mass is 32.2. The topological polar surface area (TPSA) is 74.0 Å². The molecule has 0 atom stereocenters. The Morgan fingerprint density at radius 1 is 0.909 bits per heavy atom. The molecule has 0 radical (unpaired) electrons. The Balaban J connectivity index is 0.000000220. The van der Waals surface area contributed by atoms with Crippen LogP contribution in [-0.4, -0.2) is 18.0 Å². The van der Waals surface area contributed by atoms with Gasteiger partial charge < -0.3 is 4.55 Å². The van der Waals surface area contributed by atoms with Gasteiger partial charge in [-0.3, -0.25) is 0 Å². The van der Waals surface area contributed by atoms with Gasteiger partial charge in [-0.25, -0.2) is 13.4 Å². The molecule has 0 bridgehead atoms. The lowest BCUT2D eigenvalue weighted by Gasteiger charge is -2.05. The van der Waals surface area contributed by atoms with E-state index in [2.05, 4.69) is 30.4 Å². The first-order valence-electron chi connectivity index (χ1n) is 6.87. The highest BCUT2D eigenvalue weighted by molar-refractivity contribution is 7.85. The maximum absolute atomic E-state index is 10.4. The van der Waals surface area contributed by atoms with Gasteiger partial charge >= 0.3 is 0 Å². The standard InChI is InChI=1S/C9H15N2.C7H8O3S/c1-6-8(3)11(5)9(4)7(2)10-6;1-6-2-4-7(5-3-6)11(8,9)10/h1-5H3;2-5H,1H3,(H,8,9,10)/q+1;/p-1. The monoisotopic (exact) mass is 322 g/mol. The van der Waals surface area contributed by atoms with Gasteiger partial charge in [0.2, 0.25) is 0 Å². The Morgan fingerprint density at radius 3 is 1.68 bits per heavy atom. The zero-order valence-electron chi connectivity index (χ0n) is 13.8. The van der Waals surface area contributed by atoms with E-state index in [0.717, 1.165) is 17.0 Å². The summed E-state index contributed by atoms with van der Waals surface area (Å²) < 4.78 is 33.3. The van der Waals surface area contributed by atoms with Crippen molar-refractivity contribution in [2.24, 2.45) is 7.05 Å². The fourth-order valence-electron chi connectivity index (χ4n) is 1.86. The summed E-state index contributed by atoms with van der Waals surface area (Å²) in [5.41, 5.74) is 5.66. The van der Waals surface area contributed by atoms with Crippen molar-refractivity contribution in [2.75, 3.05) is 0 Å². The minimum absolute atomic E-state index is 0.178. The SMILES string of the molecule is Cc1ccc(S(=O)(=O)[O-])cc1.Cc1nc(C)c(C)[n+](C)c1C. The van der Waals surface area contributed by atoms with Gasteiger partial charge in [-0.15, -0.1) is 0 Å². The third kappa shape index (κ3) is 4.61. The van der Waals surface area contributed by atoms with E-state index in [1.54, 1.807) is 12.1 Å². The molecule has 22 heavy (non-hydrogen) atoms. The first-order chi connectivity index (χ1) is 10.0. The molecule has 0 aliphatic rings. The lowest BCUT2D eigenvalue weighted by Crippen LogP contribution is -2.38. The summed E-state index contributed by atoms with van der Waals surface area (Å²) in [5.74, 6) is 0. The van der Waals surface area contributed by atoms with E-state index in [9.17, 15) is 13.0 Å². The summed E-state index contributed by atoms with van der Waals surface area (Å²) in [7, 11) is -2.19. The second-order valence-corrected chi connectivity index (χ2v) is 6.66. The molecule has 6 heteroatoms. The molecule has 5 nitrogen and oxygen atoms in total. The Hall–Kier alpha value is -1.79. The molecule has 0 N–H and O–H groups in total. The maximum atomic E-state index is 10.4. The van der Waals surface area contributed by atoms with Crippen LogP contribution in [-0.2, 0) is 17.2 Å². The van der Waals surface area contributed by atoms with Gasteiger partial charge in [0.25, 0.3) is 0 Å². The number of nitrogens with zero attached hydrogens (tertiary/aromatic N) is 2. The van der Waals surface area contributed by atoms with Crippen LogP contribution in [0.4, 0.5) is 0 Å². The van der Waals surface area contributed by atoms with Gasteiger partial charge in [-0.2, -0.15) is 4.57 Å². The van der Waals surface area contributed by atoms with Crippen molar-refractivity contribution in [3.05, 3.63) is 52.6 Å². The average molecular weight is 322 g/mol. The zero-order chi connectivity index (χ0) is 17.1. The molecule has 2 aromatic rings. The molecule has 2 rings (SSSR count). The molecular formula is C16H22N2O3S. The summed E-state index contributed by atoms with van der Waals surface area (Å²) >= 11 is 0. The van der Waals surface area contributed by atoms with Crippen molar-refractivity contribution in [3.8, 4) is 0 Å². The second-order valence-electron chi connectivity index (χ2n) is 5.28. The third-order valence-corrected chi connectivity index (χ3v) is 4.55. The summed E-state index contributed by atoms with van der Waals surface area (Å²) in [6, 6.07) is 5.78. The smallest absolute Gasteiger partial charge is 0.199 e. The highest BCUT2D eigenvalue weighted by Gasteiger charge is 2.12. The molecule has 1 aromatic heterocycles. The summed E-state index contributed by atoms with van der Waals surface area (Å²) in [5, 5.41) is 0. The minimum Gasteiger partial charge on any atom is -0.744 e. The molecule has 0 saturated carbocycles. The Kier molecular flexibility index (Phi) is 5.79. The number of hydrogen-bond donors (Lipinski definition) is 0. The zero-order valence-corrected chi connectivity index (χ0v) is 14.7. The minimum atomic E-state index is -4.27. The predicted molar refractivity (Wildman–Crippen MR) is 83.5 cm³/mol. The van der Waals surface area contributed by atoms with E-state index in [-0.39, 0.29) is 4.90 Å². The van der Waals surface area contributed by atoms with Crippen molar-refractivity contribution in [3.63, 3.8) is 0 Å². The van der Waals surface area contributed by atoms with E-state index in [0.29, 0.717) is 0 Å². The van der Waals surface area contributed by atoms with Crippen LogP contribution in [0.1, 0.15) is 28.3 Å². The van der Waals surface area contributed by atoms with Crippen LogP contribution >= 0.6 is 0 Å². The van der Waals surface area contributed by atoms with Gasteiger partial charge in [0.15, 0.2) is 11.4 Å². The van der Waals surface area contributed by atoms with Gasteiger partial charge in [0.05, 0.1) is 4.90 Å². The molecule has 0 spiro atoms. The van der Waals surface area contributed by atoms with Crippen LogP contribution in [0.3, 0.4) is 0 Å². The van der Waals surface area contributed by atoms with Gasteiger partial charge in [0.1, 0.15) is 28.6 Å². The summed E-state index contributed by atoms with van der Waals surface area (Å²) in [4.78, 5) is 4.24. The third-order valence-electron chi connectivity index (χ3n) is 3.70. The molecule has 120 valence electrons. The first kappa shape index (κ1) is 18.3. The van der Waals surface area contributed by atoms with Crippen molar-refractivity contribution < 1.29 is 17.5 Å². The van der Waals surface area contributed by atoms with E-state index in [1.165, 1.54) is 23.5 Å². The number of rotatable bonds is 1. The van der Waals surface area contributed by atoms with Crippen LogP contribution in [0.25, 0.3) is 0 Å². The molecule has 1 aromatic carbocycles. The molecule has 0 amide bonds. The van der Waals surface area contributed by atoms with E-state index in [1.807, 2.05) is 20.8 Å². The Bertz CT molecular complexity index is 741. The predicted octanol–water partition coefficient (Wildman–Crippen LogP) is 2.04. The van der Waals surface area contributed by atoms with E-state index < -0.39 is 10.1 Å². The van der Waals surface area contributed by atoms with Crippen molar-refractivity contribution in [1.29, 1.82) is 0 Å².